The number of aryl methyl sites for hydroxylation is 1. The van der Waals surface area contributed by atoms with Gasteiger partial charge in [0.25, 0.3) is 0 Å². The predicted octanol–water partition coefficient (Wildman–Crippen LogP) is 1.49. The van der Waals surface area contributed by atoms with Crippen LogP contribution in [0.25, 0.3) is 0 Å². The molecule has 0 spiro atoms. The molecule has 0 aromatic carbocycles. The summed E-state index contributed by atoms with van der Waals surface area (Å²) < 4.78 is 0. The third kappa shape index (κ3) is 4.69. The molecule has 0 saturated carbocycles. The van der Waals surface area contributed by atoms with Crippen LogP contribution in [0.5, 0.6) is 0 Å². The van der Waals surface area contributed by atoms with E-state index in [9.17, 15) is 0 Å². The molecule has 100 valence electrons. The van der Waals surface area contributed by atoms with Gasteiger partial charge in [0.2, 0.25) is 0 Å². The van der Waals surface area contributed by atoms with Gasteiger partial charge in [0.05, 0.1) is 12.2 Å². The minimum Gasteiger partial charge on any atom is -0.354 e. The third-order valence-corrected chi connectivity index (χ3v) is 2.86. The summed E-state index contributed by atoms with van der Waals surface area (Å²) in [7, 11) is 1.77. The maximum atomic E-state index is 4.34. The molecular formula is C13H23N5. The van der Waals surface area contributed by atoms with Crippen LogP contribution in [-0.4, -0.2) is 29.0 Å². The Morgan fingerprint density at radius 3 is 2.67 bits per heavy atom. The standard InChI is InChI=1S/C13H23N5/c1-9(2)10(3)17-13(14-5)16-8-12-6-7-15-11(4)18-12/h6-7,9-10H,8H2,1-5H3,(H2,14,16,17). The zero-order valence-corrected chi connectivity index (χ0v) is 11.9. The van der Waals surface area contributed by atoms with E-state index in [-0.39, 0.29) is 0 Å². The van der Waals surface area contributed by atoms with E-state index in [1.165, 1.54) is 0 Å². The largest absolute Gasteiger partial charge is 0.354 e. The van der Waals surface area contributed by atoms with E-state index >= 15 is 0 Å². The lowest BCUT2D eigenvalue weighted by Gasteiger charge is -2.20. The topological polar surface area (TPSA) is 62.2 Å². The smallest absolute Gasteiger partial charge is 0.191 e. The van der Waals surface area contributed by atoms with Gasteiger partial charge in [-0.25, -0.2) is 9.97 Å². The Balaban J connectivity index is 2.50. The number of rotatable bonds is 4. The second kappa shape index (κ2) is 6.93. The molecule has 0 fully saturated rings. The van der Waals surface area contributed by atoms with Gasteiger partial charge in [-0.05, 0) is 25.8 Å². The van der Waals surface area contributed by atoms with E-state index in [4.69, 9.17) is 0 Å². The summed E-state index contributed by atoms with van der Waals surface area (Å²) in [6, 6.07) is 2.28. The van der Waals surface area contributed by atoms with Crippen LogP contribution in [0.1, 0.15) is 32.3 Å². The molecule has 18 heavy (non-hydrogen) atoms. The lowest BCUT2D eigenvalue weighted by molar-refractivity contribution is 0.480. The van der Waals surface area contributed by atoms with Crippen molar-refractivity contribution in [3.63, 3.8) is 0 Å². The average Bonchev–Trinajstić information content (AvgIpc) is 2.34. The quantitative estimate of drug-likeness (QED) is 0.627. The zero-order chi connectivity index (χ0) is 13.5. The van der Waals surface area contributed by atoms with Gasteiger partial charge in [-0.2, -0.15) is 0 Å². The number of nitrogens with one attached hydrogen (secondary N) is 2. The summed E-state index contributed by atoms with van der Waals surface area (Å²) in [5, 5.41) is 6.59. The summed E-state index contributed by atoms with van der Waals surface area (Å²) in [4.78, 5) is 12.6. The summed E-state index contributed by atoms with van der Waals surface area (Å²) >= 11 is 0. The molecule has 1 heterocycles. The van der Waals surface area contributed by atoms with Crippen molar-refractivity contribution in [1.29, 1.82) is 0 Å². The van der Waals surface area contributed by atoms with Gasteiger partial charge in [-0.15, -0.1) is 0 Å². The van der Waals surface area contributed by atoms with Crippen LogP contribution in [0, 0.1) is 12.8 Å². The maximum Gasteiger partial charge on any atom is 0.191 e. The third-order valence-electron chi connectivity index (χ3n) is 2.86. The first-order valence-corrected chi connectivity index (χ1v) is 6.28. The Labute approximate surface area is 109 Å². The SMILES string of the molecule is CN=C(NCc1ccnc(C)n1)NC(C)C(C)C. The molecule has 0 aliphatic carbocycles. The first-order chi connectivity index (χ1) is 8.52. The van der Waals surface area contributed by atoms with Crippen molar-refractivity contribution in [3.8, 4) is 0 Å². The first kappa shape index (κ1) is 14.4. The summed E-state index contributed by atoms with van der Waals surface area (Å²) in [5.74, 6) is 2.14. The van der Waals surface area contributed by atoms with Crippen molar-refractivity contribution in [2.75, 3.05) is 7.05 Å². The molecule has 1 atom stereocenters. The zero-order valence-electron chi connectivity index (χ0n) is 11.9. The lowest BCUT2D eigenvalue weighted by Crippen LogP contribution is -2.44. The molecule has 1 unspecified atom stereocenters. The molecule has 0 bridgehead atoms. The Bertz CT molecular complexity index is 400. The van der Waals surface area contributed by atoms with Crippen molar-refractivity contribution in [2.45, 2.75) is 40.3 Å². The second-order valence-corrected chi connectivity index (χ2v) is 4.70. The molecule has 0 radical (unpaired) electrons. The fraction of sp³-hybridized carbons (Fsp3) is 0.615. The molecule has 1 rings (SSSR count). The first-order valence-electron chi connectivity index (χ1n) is 6.28. The predicted molar refractivity (Wildman–Crippen MR) is 74.4 cm³/mol. The number of guanidine groups is 1. The van der Waals surface area contributed by atoms with Crippen LogP contribution in [0.4, 0.5) is 0 Å². The highest BCUT2D eigenvalue weighted by molar-refractivity contribution is 5.79. The van der Waals surface area contributed by atoms with Crippen molar-refractivity contribution in [3.05, 3.63) is 23.8 Å². The minimum atomic E-state index is 0.378. The van der Waals surface area contributed by atoms with Crippen LogP contribution >= 0.6 is 0 Å². The Kier molecular flexibility index (Phi) is 5.55. The number of aliphatic imine (C=N–C) groups is 1. The van der Waals surface area contributed by atoms with Crippen molar-refractivity contribution >= 4 is 5.96 Å². The van der Waals surface area contributed by atoms with Crippen LogP contribution in [0.2, 0.25) is 0 Å². The van der Waals surface area contributed by atoms with Gasteiger partial charge < -0.3 is 10.6 Å². The van der Waals surface area contributed by atoms with Crippen LogP contribution < -0.4 is 10.6 Å². The number of aromatic nitrogens is 2. The molecule has 5 heteroatoms. The molecule has 0 aliphatic rings. The van der Waals surface area contributed by atoms with Gasteiger partial charge in [-0.1, -0.05) is 13.8 Å². The van der Waals surface area contributed by atoms with Gasteiger partial charge in [-0.3, -0.25) is 4.99 Å². The van der Waals surface area contributed by atoms with Gasteiger partial charge in [0, 0.05) is 19.3 Å². The highest BCUT2D eigenvalue weighted by Gasteiger charge is 2.08. The van der Waals surface area contributed by atoms with E-state index in [0.29, 0.717) is 18.5 Å². The number of hydrogen-bond donors (Lipinski definition) is 2. The second-order valence-electron chi connectivity index (χ2n) is 4.70. The molecule has 2 N–H and O–H groups in total. The van der Waals surface area contributed by atoms with Crippen LogP contribution in [0.3, 0.4) is 0 Å². The van der Waals surface area contributed by atoms with Crippen LogP contribution in [0.15, 0.2) is 17.3 Å². The average molecular weight is 249 g/mol. The van der Waals surface area contributed by atoms with Crippen molar-refractivity contribution in [2.24, 2.45) is 10.9 Å². The molecular weight excluding hydrogens is 226 g/mol. The van der Waals surface area contributed by atoms with Crippen LogP contribution in [-0.2, 0) is 6.54 Å². The summed E-state index contributed by atoms with van der Waals surface area (Å²) in [6.45, 7) is 9.04. The molecule has 1 aromatic heterocycles. The molecule has 5 nitrogen and oxygen atoms in total. The molecule has 0 aliphatic heterocycles. The van der Waals surface area contributed by atoms with E-state index in [1.807, 2.05) is 13.0 Å². The molecule has 1 aromatic rings. The number of hydrogen-bond acceptors (Lipinski definition) is 3. The number of nitrogens with zero attached hydrogens (tertiary/aromatic N) is 3. The van der Waals surface area contributed by atoms with Gasteiger partial charge in [0.1, 0.15) is 5.82 Å². The fourth-order valence-corrected chi connectivity index (χ4v) is 1.35. The van der Waals surface area contributed by atoms with Gasteiger partial charge in [0.15, 0.2) is 5.96 Å². The Morgan fingerprint density at radius 1 is 1.39 bits per heavy atom. The van der Waals surface area contributed by atoms with Crippen molar-refractivity contribution in [1.82, 2.24) is 20.6 Å². The Morgan fingerprint density at radius 2 is 2.11 bits per heavy atom. The lowest BCUT2D eigenvalue weighted by atomic mass is 10.1. The van der Waals surface area contributed by atoms with Gasteiger partial charge >= 0.3 is 0 Å². The highest BCUT2D eigenvalue weighted by atomic mass is 15.2. The van der Waals surface area contributed by atoms with E-state index in [2.05, 4.69) is 46.4 Å². The summed E-state index contributed by atoms with van der Waals surface area (Å²) in [5.41, 5.74) is 0.961. The minimum absolute atomic E-state index is 0.378. The summed E-state index contributed by atoms with van der Waals surface area (Å²) in [6.07, 6.45) is 1.77. The molecule has 0 saturated heterocycles. The Hall–Kier alpha value is -1.65. The monoisotopic (exact) mass is 249 g/mol. The van der Waals surface area contributed by atoms with E-state index < -0.39 is 0 Å². The molecule has 0 amide bonds. The van der Waals surface area contributed by atoms with E-state index in [0.717, 1.165) is 17.5 Å². The fourth-order valence-electron chi connectivity index (χ4n) is 1.35. The normalized spacial score (nSPS) is 13.6. The maximum absolute atomic E-state index is 4.34. The van der Waals surface area contributed by atoms with E-state index in [1.54, 1.807) is 13.2 Å². The highest BCUT2D eigenvalue weighted by Crippen LogP contribution is 1.99. The van der Waals surface area contributed by atoms with Crippen molar-refractivity contribution < 1.29 is 0 Å².